The quantitative estimate of drug-likeness (QED) is 0.568. The molecule has 29 heavy (non-hydrogen) atoms. The van der Waals surface area contributed by atoms with Gasteiger partial charge in [0.05, 0.1) is 6.20 Å². The molecule has 2 aliphatic rings. The first-order valence-electron chi connectivity index (χ1n) is 10.4. The zero-order chi connectivity index (χ0) is 20.2. The van der Waals surface area contributed by atoms with Crippen LogP contribution in [0.25, 0.3) is 0 Å². The molecule has 0 radical (unpaired) electrons. The van der Waals surface area contributed by atoms with Crippen molar-refractivity contribution in [1.29, 1.82) is 0 Å². The summed E-state index contributed by atoms with van der Waals surface area (Å²) < 4.78 is 14.7. The van der Waals surface area contributed by atoms with Crippen LogP contribution < -0.4 is 21.1 Å². The number of aromatic nitrogens is 2. The first-order valence-corrected chi connectivity index (χ1v) is 10.4. The lowest BCUT2D eigenvalue weighted by atomic mass is 9.81. The van der Waals surface area contributed by atoms with E-state index in [0.29, 0.717) is 36.7 Å². The van der Waals surface area contributed by atoms with E-state index < -0.39 is 5.82 Å². The standard InChI is InChI=1S/C21H29FN6O/c1-2-28(19-5-3-4-18-16(19)12-24-27-18)20-17(22)13-23-21(26-20)25-15-8-6-14(7-9-15)10-11-29/h6-9,13,16,18-19,24,27,29H,2-5,10-12H2,1H3,(H,23,25,26). The number of aliphatic hydroxyl groups is 1. The number of halogens is 1. The van der Waals surface area contributed by atoms with Crippen LogP contribution in [0.4, 0.5) is 21.8 Å². The van der Waals surface area contributed by atoms with Gasteiger partial charge in [-0.2, -0.15) is 4.98 Å². The molecule has 1 aromatic heterocycles. The third kappa shape index (κ3) is 4.34. The molecule has 4 N–H and O–H groups in total. The van der Waals surface area contributed by atoms with E-state index in [1.807, 2.05) is 31.2 Å². The van der Waals surface area contributed by atoms with Crippen molar-refractivity contribution in [3.8, 4) is 0 Å². The Hall–Kier alpha value is -2.29. The van der Waals surface area contributed by atoms with Gasteiger partial charge in [-0.1, -0.05) is 12.1 Å². The Balaban J connectivity index is 1.55. The summed E-state index contributed by atoms with van der Waals surface area (Å²) in [5.41, 5.74) is 8.51. The minimum Gasteiger partial charge on any atom is -0.396 e. The van der Waals surface area contributed by atoms with E-state index in [1.54, 1.807) is 0 Å². The van der Waals surface area contributed by atoms with Crippen molar-refractivity contribution in [2.45, 2.75) is 44.7 Å². The summed E-state index contributed by atoms with van der Waals surface area (Å²) in [6.07, 6.45) is 5.18. The number of anilines is 3. The maximum atomic E-state index is 14.7. The molecule has 1 saturated carbocycles. The minimum absolute atomic E-state index is 0.123. The summed E-state index contributed by atoms with van der Waals surface area (Å²) in [5.74, 6) is 0.787. The van der Waals surface area contributed by atoms with Crippen molar-refractivity contribution >= 4 is 17.5 Å². The third-order valence-corrected chi connectivity index (χ3v) is 6.00. The fourth-order valence-corrected chi connectivity index (χ4v) is 4.57. The number of nitrogens with one attached hydrogen (secondary N) is 3. The van der Waals surface area contributed by atoms with Crippen molar-refractivity contribution < 1.29 is 9.50 Å². The van der Waals surface area contributed by atoms with Gasteiger partial charge >= 0.3 is 0 Å². The van der Waals surface area contributed by atoms with Crippen LogP contribution in [-0.4, -0.2) is 46.9 Å². The molecule has 0 spiro atoms. The maximum Gasteiger partial charge on any atom is 0.229 e. The van der Waals surface area contributed by atoms with Crippen LogP contribution >= 0.6 is 0 Å². The Bertz CT molecular complexity index is 817. The molecule has 2 fully saturated rings. The second-order valence-corrected chi connectivity index (χ2v) is 7.74. The summed E-state index contributed by atoms with van der Waals surface area (Å²) in [6.45, 7) is 3.76. The van der Waals surface area contributed by atoms with Crippen LogP contribution in [0, 0.1) is 11.7 Å². The van der Waals surface area contributed by atoms with Gasteiger partial charge in [-0.15, -0.1) is 0 Å². The average molecular weight is 401 g/mol. The van der Waals surface area contributed by atoms with E-state index in [-0.39, 0.29) is 12.6 Å². The van der Waals surface area contributed by atoms with Crippen LogP contribution in [0.3, 0.4) is 0 Å². The molecule has 3 unspecified atom stereocenters. The second-order valence-electron chi connectivity index (χ2n) is 7.74. The van der Waals surface area contributed by atoms with Crippen LogP contribution in [0.15, 0.2) is 30.5 Å². The zero-order valence-corrected chi connectivity index (χ0v) is 16.7. The largest absolute Gasteiger partial charge is 0.396 e. The maximum absolute atomic E-state index is 14.7. The summed E-state index contributed by atoms with van der Waals surface area (Å²) in [6, 6.07) is 8.40. The third-order valence-electron chi connectivity index (χ3n) is 6.00. The highest BCUT2D eigenvalue weighted by Gasteiger charge is 2.40. The zero-order valence-electron chi connectivity index (χ0n) is 16.7. The molecule has 0 amide bonds. The lowest BCUT2D eigenvalue weighted by Crippen LogP contribution is -2.49. The fourth-order valence-electron chi connectivity index (χ4n) is 4.57. The van der Waals surface area contributed by atoms with E-state index in [4.69, 9.17) is 5.11 Å². The Labute approximate surface area is 170 Å². The molecule has 2 aromatic rings. The first kappa shape index (κ1) is 20.0. The smallest absolute Gasteiger partial charge is 0.229 e. The Kier molecular flexibility index (Phi) is 6.22. The molecule has 1 aliphatic carbocycles. The van der Waals surface area contributed by atoms with Crippen molar-refractivity contribution in [2.24, 2.45) is 5.92 Å². The number of hydrazine groups is 1. The van der Waals surface area contributed by atoms with E-state index in [1.165, 1.54) is 6.20 Å². The molecule has 156 valence electrons. The van der Waals surface area contributed by atoms with Crippen LogP contribution in [0.1, 0.15) is 31.7 Å². The monoisotopic (exact) mass is 400 g/mol. The number of nitrogens with zero attached hydrogens (tertiary/aromatic N) is 3. The van der Waals surface area contributed by atoms with Gasteiger partial charge < -0.3 is 15.3 Å². The molecular weight excluding hydrogens is 371 g/mol. The number of aliphatic hydroxyl groups excluding tert-OH is 1. The van der Waals surface area contributed by atoms with Gasteiger partial charge in [0.15, 0.2) is 11.6 Å². The molecule has 4 rings (SSSR count). The summed E-state index contributed by atoms with van der Waals surface area (Å²) in [7, 11) is 0. The lowest BCUT2D eigenvalue weighted by molar-refractivity contribution is 0.278. The highest BCUT2D eigenvalue weighted by atomic mass is 19.1. The highest BCUT2D eigenvalue weighted by molar-refractivity contribution is 5.56. The SMILES string of the molecule is CCN(c1nc(Nc2ccc(CCO)cc2)ncc1F)C1CCCC2NNCC21. The second kappa shape index (κ2) is 9.02. The molecule has 1 aromatic carbocycles. The Morgan fingerprint density at radius 1 is 1.28 bits per heavy atom. The van der Waals surface area contributed by atoms with Gasteiger partial charge in [-0.25, -0.2) is 9.37 Å². The number of hydrogen-bond donors (Lipinski definition) is 4. The van der Waals surface area contributed by atoms with Gasteiger partial charge in [0.1, 0.15) is 0 Å². The highest BCUT2D eigenvalue weighted by Crippen LogP contribution is 2.33. The summed E-state index contributed by atoms with van der Waals surface area (Å²) in [5, 5.41) is 12.2. The lowest BCUT2D eigenvalue weighted by Gasteiger charge is -2.40. The Morgan fingerprint density at radius 3 is 2.86 bits per heavy atom. The van der Waals surface area contributed by atoms with Crippen LogP contribution in [0.5, 0.6) is 0 Å². The van der Waals surface area contributed by atoms with Gasteiger partial charge in [0, 0.05) is 43.4 Å². The van der Waals surface area contributed by atoms with Gasteiger partial charge in [0.25, 0.3) is 0 Å². The van der Waals surface area contributed by atoms with Crippen LogP contribution in [-0.2, 0) is 6.42 Å². The molecule has 1 aliphatic heterocycles. The average Bonchev–Trinajstić information content (AvgIpc) is 3.22. The Morgan fingerprint density at radius 2 is 2.10 bits per heavy atom. The number of fused-ring (bicyclic) bond motifs is 1. The van der Waals surface area contributed by atoms with Gasteiger partial charge in [0.2, 0.25) is 5.95 Å². The normalized spacial score (nSPS) is 23.6. The summed E-state index contributed by atoms with van der Waals surface area (Å²) in [4.78, 5) is 10.8. The number of benzene rings is 1. The predicted octanol–water partition coefficient (Wildman–Crippen LogP) is 2.37. The molecule has 1 saturated heterocycles. The summed E-state index contributed by atoms with van der Waals surface area (Å²) >= 11 is 0. The van der Waals surface area contributed by atoms with Gasteiger partial charge in [-0.05, 0) is 50.3 Å². The predicted molar refractivity (Wildman–Crippen MR) is 112 cm³/mol. The van der Waals surface area contributed by atoms with Gasteiger partial charge in [-0.3, -0.25) is 10.9 Å². The van der Waals surface area contributed by atoms with E-state index in [0.717, 1.165) is 37.1 Å². The molecule has 0 bridgehead atoms. The van der Waals surface area contributed by atoms with Crippen molar-refractivity contribution in [3.05, 3.63) is 41.8 Å². The van der Waals surface area contributed by atoms with Crippen LogP contribution in [0.2, 0.25) is 0 Å². The van der Waals surface area contributed by atoms with Crippen molar-refractivity contribution in [3.63, 3.8) is 0 Å². The van der Waals surface area contributed by atoms with E-state index >= 15 is 0 Å². The topological polar surface area (TPSA) is 85.3 Å². The molecule has 8 heteroatoms. The number of hydrogen-bond acceptors (Lipinski definition) is 7. The molecule has 3 atom stereocenters. The first-order chi connectivity index (χ1) is 14.2. The minimum atomic E-state index is -0.392. The van der Waals surface area contributed by atoms with E-state index in [2.05, 4.69) is 31.0 Å². The molecule has 7 nitrogen and oxygen atoms in total. The number of rotatable bonds is 7. The van der Waals surface area contributed by atoms with Crippen molar-refractivity contribution in [1.82, 2.24) is 20.8 Å². The van der Waals surface area contributed by atoms with E-state index in [9.17, 15) is 4.39 Å². The van der Waals surface area contributed by atoms with Crippen molar-refractivity contribution in [2.75, 3.05) is 29.9 Å². The molecular formula is C21H29FN6O. The molecule has 2 heterocycles. The fraction of sp³-hybridized carbons (Fsp3) is 0.524.